The van der Waals surface area contributed by atoms with Crippen LogP contribution in [-0.2, 0) is 4.79 Å². The lowest BCUT2D eigenvalue weighted by Crippen LogP contribution is -2.02. The fraction of sp³-hybridized carbons (Fsp3) is 0.700. The number of hydrogen-bond acceptors (Lipinski definition) is 2. The Morgan fingerprint density at radius 2 is 1.93 bits per heavy atom. The van der Waals surface area contributed by atoms with E-state index >= 15 is 0 Å². The highest BCUT2D eigenvalue weighted by Gasteiger charge is 2.27. The van der Waals surface area contributed by atoms with Crippen molar-refractivity contribution in [1.82, 2.24) is 0 Å². The van der Waals surface area contributed by atoms with Crippen LogP contribution in [0.3, 0.4) is 0 Å². The smallest absolute Gasteiger partial charge is 0.295 e. The van der Waals surface area contributed by atoms with Crippen molar-refractivity contribution >= 4 is 17.5 Å². The van der Waals surface area contributed by atoms with Gasteiger partial charge in [-0.3, -0.25) is 4.79 Å². The molecule has 0 aromatic rings. The second kappa shape index (κ2) is 5.58. The molecule has 5 heteroatoms. The second-order valence-electron chi connectivity index (χ2n) is 3.52. The number of carbonyl (C=O) groups is 1. The fourth-order valence-corrected chi connectivity index (χ4v) is 2.11. The summed E-state index contributed by atoms with van der Waals surface area (Å²) in [5, 5.41) is 0. The van der Waals surface area contributed by atoms with Crippen molar-refractivity contribution in [3.63, 3.8) is 0 Å². The molecule has 0 amide bonds. The molecule has 0 heterocycles. The van der Waals surface area contributed by atoms with Gasteiger partial charge in [0.2, 0.25) is 0 Å². The van der Waals surface area contributed by atoms with E-state index in [-0.39, 0.29) is 23.3 Å². The molecule has 86 valence electrons. The topological polar surface area (TPSA) is 17.1 Å². The number of rotatable bonds is 3. The minimum Gasteiger partial charge on any atom is -0.295 e. The van der Waals surface area contributed by atoms with Gasteiger partial charge in [0, 0.05) is 12.2 Å². The molecular formula is C10H13F3OS. The summed E-state index contributed by atoms with van der Waals surface area (Å²) in [7, 11) is 0. The average Bonchev–Trinajstić information content (AvgIpc) is 2.27. The van der Waals surface area contributed by atoms with Gasteiger partial charge in [0.05, 0.1) is 0 Å². The first kappa shape index (κ1) is 12.6. The normalized spacial score (nSPS) is 18.6. The van der Waals surface area contributed by atoms with Crippen LogP contribution in [-0.4, -0.2) is 17.0 Å². The molecule has 0 N–H and O–H groups in total. The van der Waals surface area contributed by atoms with Gasteiger partial charge in [0.15, 0.2) is 5.78 Å². The number of carbonyl (C=O) groups excluding carboxylic acids is 1. The monoisotopic (exact) mass is 238 g/mol. The Labute approximate surface area is 91.1 Å². The molecule has 0 saturated heterocycles. The van der Waals surface area contributed by atoms with Crippen molar-refractivity contribution in [3.8, 4) is 0 Å². The number of allylic oxidation sites excluding steroid dienone is 2. The molecule has 0 bridgehead atoms. The lowest BCUT2D eigenvalue weighted by atomic mass is 10.1. The van der Waals surface area contributed by atoms with Crippen LogP contribution in [0.1, 0.15) is 32.1 Å². The molecular weight excluding hydrogens is 225 g/mol. The summed E-state index contributed by atoms with van der Waals surface area (Å²) in [5.74, 6) is 0.0716. The Bertz CT molecular complexity index is 258. The van der Waals surface area contributed by atoms with Crippen molar-refractivity contribution in [2.75, 3.05) is 5.75 Å². The van der Waals surface area contributed by atoms with Crippen LogP contribution >= 0.6 is 11.8 Å². The van der Waals surface area contributed by atoms with Gasteiger partial charge in [-0.25, -0.2) is 0 Å². The van der Waals surface area contributed by atoms with Crippen LogP contribution in [0.5, 0.6) is 0 Å². The molecule has 1 rings (SSSR count). The molecule has 0 aromatic carbocycles. The minimum absolute atomic E-state index is 0.0165. The lowest BCUT2D eigenvalue weighted by molar-refractivity contribution is -0.114. The summed E-state index contributed by atoms with van der Waals surface area (Å²) < 4.78 is 35.5. The maximum Gasteiger partial charge on any atom is 0.441 e. The van der Waals surface area contributed by atoms with Crippen molar-refractivity contribution in [2.24, 2.45) is 0 Å². The standard InChI is InChI=1S/C10H13F3OS/c11-10(12,13)15-6-5-8-3-1-2-4-9(14)7-8/h7H,1-6H2. The molecule has 1 aliphatic rings. The number of halogens is 3. The van der Waals surface area contributed by atoms with E-state index in [4.69, 9.17) is 0 Å². The van der Waals surface area contributed by atoms with E-state index in [1.54, 1.807) is 0 Å². The van der Waals surface area contributed by atoms with Gasteiger partial charge in [-0.05, 0) is 31.8 Å². The molecule has 0 unspecified atom stereocenters. The molecule has 0 atom stereocenters. The van der Waals surface area contributed by atoms with E-state index in [1.165, 1.54) is 6.08 Å². The molecule has 15 heavy (non-hydrogen) atoms. The Hall–Kier alpha value is -0.450. The highest BCUT2D eigenvalue weighted by atomic mass is 32.2. The van der Waals surface area contributed by atoms with E-state index in [1.807, 2.05) is 0 Å². The van der Waals surface area contributed by atoms with E-state index < -0.39 is 5.51 Å². The van der Waals surface area contributed by atoms with Gasteiger partial charge in [0.25, 0.3) is 0 Å². The molecule has 0 fully saturated rings. The van der Waals surface area contributed by atoms with E-state index in [2.05, 4.69) is 0 Å². The first-order valence-corrected chi connectivity index (χ1v) is 5.89. The molecule has 1 aliphatic carbocycles. The molecule has 0 aliphatic heterocycles. The fourth-order valence-electron chi connectivity index (χ4n) is 1.52. The predicted octanol–water partition coefficient (Wildman–Crippen LogP) is 3.70. The molecule has 0 spiro atoms. The van der Waals surface area contributed by atoms with Crippen molar-refractivity contribution in [1.29, 1.82) is 0 Å². The van der Waals surface area contributed by atoms with Crippen LogP contribution < -0.4 is 0 Å². The summed E-state index contributed by atoms with van der Waals surface area (Å²) >= 11 is -0.0169. The molecule has 0 saturated carbocycles. The predicted molar refractivity (Wildman–Crippen MR) is 54.7 cm³/mol. The van der Waals surface area contributed by atoms with Crippen LogP contribution in [0.4, 0.5) is 13.2 Å². The number of hydrogen-bond donors (Lipinski definition) is 0. The first-order valence-electron chi connectivity index (χ1n) is 4.90. The summed E-state index contributed by atoms with van der Waals surface area (Å²) in [6.07, 6.45) is 4.97. The maximum absolute atomic E-state index is 11.8. The van der Waals surface area contributed by atoms with Crippen LogP contribution in [0.2, 0.25) is 0 Å². The van der Waals surface area contributed by atoms with E-state index in [0.29, 0.717) is 12.8 Å². The Kier molecular flexibility index (Phi) is 4.70. The van der Waals surface area contributed by atoms with Gasteiger partial charge in [-0.2, -0.15) is 13.2 Å². The van der Waals surface area contributed by atoms with Crippen molar-refractivity contribution in [2.45, 2.75) is 37.6 Å². The van der Waals surface area contributed by atoms with E-state index in [0.717, 1.165) is 24.8 Å². The average molecular weight is 238 g/mol. The summed E-state index contributed by atoms with van der Waals surface area (Å²) in [5.41, 5.74) is -3.29. The first-order chi connectivity index (χ1) is 6.97. The van der Waals surface area contributed by atoms with Gasteiger partial charge >= 0.3 is 5.51 Å². The van der Waals surface area contributed by atoms with Gasteiger partial charge in [-0.15, -0.1) is 0 Å². The Morgan fingerprint density at radius 3 is 2.60 bits per heavy atom. The maximum atomic E-state index is 11.8. The highest BCUT2D eigenvalue weighted by Crippen LogP contribution is 2.32. The summed E-state index contributed by atoms with van der Waals surface area (Å²) in [4.78, 5) is 11.1. The van der Waals surface area contributed by atoms with Crippen molar-refractivity contribution in [3.05, 3.63) is 11.6 Å². The van der Waals surface area contributed by atoms with Crippen LogP contribution in [0.25, 0.3) is 0 Å². The lowest BCUT2D eigenvalue weighted by Gasteiger charge is -2.06. The van der Waals surface area contributed by atoms with Gasteiger partial charge < -0.3 is 0 Å². The third kappa shape index (κ3) is 5.87. The number of ketones is 1. The highest BCUT2D eigenvalue weighted by molar-refractivity contribution is 8.00. The number of thioether (sulfide) groups is 1. The number of alkyl halides is 3. The van der Waals surface area contributed by atoms with Crippen LogP contribution in [0, 0.1) is 0 Å². The Morgan fingerprint density at radius 1 is 1.27 bits per heavy atom. The third-order valence-electron chi connectivity index (χ3n) is 2.23. The van der Waals surface area contributed by atoms with Gasteiger partial charge in [-0.1, -0.05) is 17.3 Å². The Balaban J connectivity index is 2.34. The third-order valence-corrected chi connectivity index (χ3v) is 2.96. The molecule has 1 nitrogen and oxygen atoms in total. The summed E-state index contributed by atoms with van der Waals surface area (Å²) in [6, 6.07) is 0. The zero-order valence-corrected chi connectivity index (χ0v) is 9.09. The van der Waals surface area contributed by atoms with Gasteiger partial charge in [0.1, 0.15) is 0 Å². The minimum atomic E-state index is -4.16. The largest absolute Gasteiger partial charge is 0.441 e. The second-order valence-corrected chi connectivity index (χ2v) is 4.68. The van der Waals surface area contributed by atoms with Crippen LogP contribution in [0.15, 0.2) is 11.6 Å². The quantitative estimate of drug-likeness (QED) is 0.745. The zero-order chi connectivity index (χ0) is 11.3. The SMILES string of the molecule is O=C1C=C(CCSC(F)(F)F)CCCC1. The molecule has 0 aromatic heterocycles. The molecule has 0 radical (unpaired) electrons. The zero-order valence-electron chi connectivity index (χ0n) is 8.27. The van der Waals surface area contributed by atoms with Crippen molar-refractivity contribution < 1.29 is 18.0 Å². The van der Waals surface area contributed by atoms with E-state index in [9.17, 15) is 18.0 Å². The summed E-state index contributed by atoms with van der Waals surface area (Å²) in [6.45, 7) is 0.